The maximum absolute atomic E-state index is 12.8. The number of para-hydroxylation sites is 1. The molecule has 0 spiro atoms. The zero-order valence-electron chi connectivity index (χ0n) is 10.8. The maximum atomic E-state index is 12.8. The average Bonchev–Trinajstić information content (AvgIpc) is 2.78. The van der Waals surface area contributed by atoms with E-state index in [9.17, 15) is 8.42 Å². The Hall–Kier alpha value is -1.11. The smallest absolute Gasteiger partial charge is 0.265 e. The quantitative estimate of drug-likeness (QED) is 0.850. The van der Waals surface area contributed by atoms with Crippen molar-refractivity contribution in [2.45, 2.75) is 24.0 Å². The number of halogens is 1. The van der Waals surface area contributed by atoms with Gasteiger partial charge in [0, 0.05) is 6.54 Å². The number of sulfonamides is 1. The van der Waals surface area contributed by atoms with Crippen LogP contribution in [0, 0.1) is 6.92 Å². The molecule has 1 aromatic carbocycles. The molecule has 0 atom stereocenters. The minimum Gasteiger partial charge on any atom is -0.265 e. The molecule has 0 unspecified atom stereocenters. The van der Waals surface area contributed by atoms with Gasteiger partial charge in [-0.15, -0.1) is 0 Å². The molecule has 106 valence electrons. The second-order valence-electron chi connectivity index (χ2n) is 4.65. The third kappa shape index (κ3) is 2.21. The molecule has 0 saturated heterocycles. The molecule has 1 aliphatic rings. The largest absolute Gasteiger partial charge is 0.275 e. The lowest BCUT2D eigenvalue weighted by molar-refractivity contribution is 0.588. The normalized spacial score (nSPS) is 15.2. The summed E-state index contributed by atoms with van der Waals surface area (Å²) >= 11 is 6.85. The molecule has 0 N–H and O–H groups in total. The van der Waals surface area contributed by atoms with Gasteiger partial charge in [-0.25, -0.2) is 13.4 Å². The van der Waals surface area contributed by atoms with Gasteiger partial charge in [-0.2, -0.15) is 0 Å². The van der Waals surface area contributed by atoms with Gasteiger partial charge in [-0.1, -0.05) is 41.1 Å². The summed E-state index contributed by atoms with van der Waals surface area (Å²) in [7, 11) is -3.58. The summed E-state index contributed by atoms with van der Waals surface area (Å²) in [4.78, 5) is 4.01. The van der Waals surface area contributed by atoms with Crippen LogP contribution in [0.5, 0.6) is 0 Å². The Morgan fingerprint density at radius 1 is 1.35 bits per heavy atom. The van der Waals surface area contributed by atoms with Crippen LogP contribution in [-0.2, 0) is 16.4 Å². The minimum absolute atomic E-state index is 0.235. The zero-order valence-corrected chi connectivity index (χ0v) is 13.2. The van der Waals surface area contributed by atoms with Crippen molar-refractivity contribution in [3.63, 3.8) is 0 Å². The van der Waals surface area contributed by atoms with E-state index in [0.717, 1.165) is 35.4 Å². The number of nitrogens with zero attached hydrogens (tertiary/aromatic N) is 2. The number of thiazole rings is 1. The maximum Gasteiger partial charge on any atom is 0.275 e. The highest BCUT2D eigenvalue weighted by Gasteiger charge is 2.32. The fourth-order valence-electron chi connectivity index (χ4n) is 2.44. The highest BCUT2D eigenvalue weighted by molar-refractivity contribution is 7.94. The molecule has 20 heavy (non-hydrogen) atoms. The molecule has 7 heteroatoms. The molecule has 0 radical (unpaired) electrons. The monoisotopic (exact) mass is 328 g/mol. The predicted molar refractivity (Wildman–Crippen MR) is 81.2 cm³/mol. The Balaban J connectivity index is 2.12. The molecule has 0 amide bonds. The standard InChI is InChI=1S/C13H13ClN2O2S2/c1-9-12(19-13(14)15-9)20(17,18)16-8-4-6-10-5-2-3-7-11(10)16/h2-3,5,7H,4,6,8H2,1H3. The van der Waals surface area contributed by atoms with Crippen LogP contribution in [0.4, 0.5) is 5.69 Å². The summed E-state index contributed by atoms with van der Waals surface area (Å²) in [6.07, 6.45) is 1.73. The molecule has 1 aromatic heterocycles. The topological polar surface area (TPSA) is 50.3 Å². The number of aromatic nitrogens is 1. The predicted octanol–water partition coefficient (Wildman–Crippen LogP) is 3.25. The lowest BCUT2D eigenvalue weighted by atomic mass is 10.0. The van der Waals surface area contributed by atoms with Crippen molar-refractivity contribution in [2.75, 3.05) is 10.8 Å². The van der Waals surface area contributed by atoms with E-state index in [1.165, 1.54) is 4.31 Å². The summed E-state index contributed by atoms with van der Waals surface area (Å²) in [5.74, 6) is 0. The molecule has 1 aliphatic heterocycles. The van der Waals surface area contributed by atoms with Crippen molar-refractivity contribution in [1.29, 1.82) is 0 Å². The first-order valence-electron chi connectivity index (χ1n) is 6.24. The second kappa shape index (κ2) is 5.02. The first kappa shape index (κ1) is 13.9. The van der Waals surface area contributed by atoms with Gasteiger partial charge in [-0.05, 0) is 31.4 Å². The lowest BCUT2D eigenvalue weighted by Gasteiger charge is -2.29. The molecule has 2 aromatic rings. The third-order valence-corrected chi connectivity index (χ3v) is 6.98. The zero-order chi connectivity index (χ0) is 14.3. The van der Waals surface area contributed by atoms with Crippen LogP contribution in [0.3, 0.4) is 0 Å². The molecule has 2 heterocycles. The van der Waals surface area contributed by atoms with Crippen LogP contribution in [-0.4, -0.2) is 19.9 Å². The molecule has 3 rings (SSSR count). The van der Waals surface area contributed by atoms with Crippen LogP contribution < -0.4 is 4.31 Å². The number of benzene rings is 1. The van der Waals surface area contributed by atoms with Gasteiger partial charge in [0.1, 0.15) is 0 Å². The van der Waals surface area contributed by atoms with E-state index in [0.29, 0.717) is 12.2 Å². The van der Waals surface area contributed by atoms with Gasteiger partial charge < -0.3 is 0 Å². The Morgan fingerprint density at radius 3 is 2.80 bits per heavy atom. The van der Waals surface area contributed by atoms with Crippen molar-refractivity contribution in [1.82, 2.24) is 4.98 Å². The van der Waals surface area contributed by atoms with E-state index >= 15 is 0 Å². The fraction of sp³-hybridized carbons (Fsp3) is 0.308. The van der Waals surface area contributed by atoms with E-state index in [4.69, 9.17) is 11.6 Å². The Morgan fingerprint density at radius 2 is 2.10 bits per heavy atom. The summed E-state index contributed by atoms with van der Waals surface area (Å²) in [6.45, 7) is 2.17. The van der Waals surface area contributed by atoms with Crippen LogP contribution in [0.25, 0.3) is 0 Å². The van der Waals surface area contributed by atoms with E-state index in [1.807, 2.05) is 24.3 Å². The number of fused-ring (bicyclic) bond motifs is 1. The van der Waals surface area contributed by atoms with Gasteiger partial charge in [0.15, 0.2) is 8.68 Å². The molecule has 0 fully saturated rings. The van der Waals surface area contributed by atoms with Gasteiger partial charge in [-0.3, -0.25) is 4.31 Å². The van der Waals surface area contributed by atoms with E-state index in [-0.39, 0.29) is 8.68 Å². The second-order valence-corrected chi connectivity index (χ2v) is 8.29. The number of aryl methyl sites for hydroxylation is 2. The molecule has 0 saturated carbocycles. The van der Waals surface area contributed by atoms with Crippen LogP contribution in [0.1, 0.15) is 17.7 Å². The number of hydrogen-bond acceptors (Lipinski definition) is 4. The van der Waals surface area contributed by atoms with Crippen molar-refractivity contribution >= 4 is 38.6 Å². The van der Waals surface area contributed by atoms with Crippen molar-refractivity contribution in [2.24, 2.45) is 0 Å². The van der Waals surface area contributed by atoms with Gasteiger partial charge in [0.05, 0.1) is 11.4 Å². The molecular formula is C13H13ClN2O2S2. The van der Waals surface area contributed by atoms with Crippen LogP contribution in [0.15, 0.2) is 28.5 Å². The lowest BCUT2D eigenvalue weighted by Crippen LogP contribution is -2.35. The molecule has 0 aliphatic carbocycles. The Kier molecular flexibility index (Phi) is 3.48. The Bertz CT molecular complexity index is 755. The van der Waals surface area contributed by atoms with Crippen molar-refractivity contribution < 1.29 is 8.42 Å². The van der Waals surface area contributed by atoms with Crippen LogP contribution >= 0.6 is 22.9 Å². The third-order valence-electron chi connectivity index (χ3n) is 3.32. The van der Waals surface area contributed by atoms with Gasteiger partial charge in [0.2, 0.25) is 0 Å². The SMILES string of the molecule is Cc1nc(Cl)sc1S(=O)(=O)N1CCCc2ccccc21. The van der Waals surface area contributed by atoms with E-state index in [2.05, 4.69) is 4.98 Å². The van der Waals surface area contributed by atoms with Gasteiger partial charge in [0.25, 0.3) is 10.0 Å². The summed E-state index contributed by atoms with van der Waals surface area (Å²) in [6, 6.07) is 7.62. The van der Waals surface area contributed by atoms with Gasteiger partial charge >= 0.3 is 0 Å². The number of anilines is 1. The first-order valence-corrected chi connectivity index (χ1v) is 8.87. The van der Waals surface area contributed by atoms with Crippen molar-refractivity contribution in [3.05, 3.63) is 40.0 Å². The van der Waals surface area contributed by atoms with Crippen LogP contribution in [0.2, 0.25) is 4.47 Å². The Labute approximate surface area is 127 Å². The fourth-order valence-corrected chi connectivity index (χ4v) is 5.82. The highest BCUT2D eigenvalue weighted by atomic mass is 35.5. The molecule has 0 bridgehead atoms. The number of hydrogen-bond donors (Lipinski definition) is 0. The first-order chi connectivity index (χ1) is 9.50. The van der Waals surface area contributed by atoms with E-state index in [1.54, 1.807) is 6.92 Å². The number of rotatable bonds is 2. The summed E-state index contributed by atoms with van der Waals surface area (Å²) < 4.78 is 27.6. The van der Waals surface area contributed by atoms with Crippen molar-refractivity contribution in [3.8, 4) is 0 Å². The highest BCUT2D eigenvalue weighted by Crippen LogP contribution is 2.35. The summed E-state index contributed by atoms with van der Waals surface area (Å²) in [5.41, 5.74) is 2.29. The summed E-state index contributed by atoms with van der Waals surface area (Å²) in [5, 5.41) is 0. The molecule has 4 nitrogen and oxygen atoms in total. The molecular weight excluding hydrogens is 316 g/mol. The average molecular weight is 329 g/mol. The minimum atomic E-state index is -3.58. The van der Waals surface area contributed by atoms with E-state index < -0.39 is 10.0 Å².